The largest absolute Gasteiger partial charge is 0.433 e. The fourth-order valence-electron chi connectivity index (χ4n) is 2.16. The molecule has 94 valence electrons. The van der Waals surface area contributed by atoms with E-state index in [0.717, 1.165) is 42.8 Å². The van der Waals surface area contributed by atoms with Crippen LogP contribution in [0.3, 0.4) is 0 Å². The molecule has 0 aromatic carbocycles. The number of pyridine rings is 1. The van der Waals surface area contributed by atoms with Crippen LogP contribution in [-0.4, -0.2) is 14.8 Å². The Labute approximate surface area is 101 Å². The Kier molecular flexibility index (Phi) is 2.39. The minimum absolute atomic E-state index is 0.395. The Morgan fingerprint density at radius 2 is 2.06 bits per heavy atom. The third-order valence-electron chi connectivity index (χ3n) is 3.04. The highest BCUT2D eigenvalue weighted by Gasteiger charge is 2.32. The van der Waals surface area contributed by atoms with Crippen molar-refractivity contribution in [2.75, 3.05) is 0 Å². The summed E-state index contributed by atoms with van der Waals surface area (Å²) in [6.45, 7) is 0. The summed E-state index contributed by atoms with van der Waals surface area (Å²) in [6.07, 6.45) is 1.46. The number of nitrogens with zero attached hydrogens (tertiary/aromatic N) is 3. The van der Waals surface area contributed by atoms with E-state index in [1.807, 2.05) is 0 Å². The minimum atomic E-state index is -4.42. The summed E-state index contributed by atoms with van der Waals surface area (Å²) in [7, 11) is 0. The van der Waals surface area contributed by atoms with Gasteiger partial charge >= 0.3 is 6.18 Å². The van der Waals surface area contributed by atoms with Crippen molar-refractivity contribution >= 4 is 0 Å². The SMILES string of the molecule is FC(F)(F)c1cc(-n2cc3c(n2)CCC3)ccn1. The number of halogens is 3. The Bertz CT molecular complexity index is 565. The molecule has 0 bridgehead atoms. The van der Waals surface area contributed by atoms with Crippen LogP contribution in [0.25, 0.3) is 5.69 Å². The molecule has 0 fully saturated rings. The summed E-state index contributed by atoms with van der Waals surface area (Å²) < 4.78 is 39.2. The highest BCUT2D eigenvalue weighted by molar-refractivity contribution is 5.35. The summed E-state index contributed by atoms with van der Waals surface area (Å²) in [5.74, 6) is 0. The standard InChI is InChI=1S/C12H10F3N3/c13-12(14,15)11-6-9(4-5-16-11)18-7-8-2-1-3-10(8)17-18/h4-7H,1-3H2. The third-order valence-corrected chi connectivity index (χ3v) is 3.04. The second kappa shape index (κ2) is 3.83. The highest BCUT2D eigenvalue weighted by atomic mass is 19.4. The van der Waals surface area contributed by atoms with Crippen molar-refractivity contribution in [3.05, 3.63) is 41.5 Å². The quantitative estimate of drug-likeness (QED) is 0.782. The van der Waals surface area contributed by atoms with E-state index >= 15 is 0 Å². The number of aryl methyl sites for hydroxylation is 2. The van der Waals surface area contributed by atoms with Gasteiger partial charge in [0.15, 0.2) is 0 Å². The molecule has 0 atom stereocenters. The zero-order chi connectivity index (χ0) is 12.8. The van der Waals surface area contributed by atoms with E-state index in [9.17, 15) is 13.2 Å². The van der Waals surface area contributed by atoms with Crippen LogP contribution < -0.4 is 0 Å². The monoisotopic (exact) mass is 253 g/mol. The lowest BCUT2D eigenvalue weighted by molar-refractivity contribution is -0.141. The van der Waals surface area contributed by atoms with Crippen molar-refractivity contribution in [1.82, 2.24) is 14.8 Å². The van der Waals surface area contributed by atoms with Gasteiger partial charge in [0.25, 0.3) is 0 Å². The molecule has 0 aliphatic heterocycles. The molecule has 6 heteroatoms. The first-order valence-corrected chi connectivity index (χ1v) is 5.65. The first-order valence-electron chi connectivity index (χ1n) is 5.65. The average molecular weight is 253 g/mol. The predicted molar refractivity (Wildman–Crippen MR) is 58.4 cm³/mol. The molecule has 1 aliphatic carbocycles. The lowest BCUT2D eigenvalue weighted by Crippen LogP contribution is -2.09. The molecule has 0 unspecified atom stereocenters. The van der Waals surface area contributed by atoms with Gasteiger partial charge in [0, 0.05) is 12.4 Å². The fraction of sp³-hybridized carbons (Fsp3) is 0.333. The topological polar surface area (TPSA) is 30.7 Å². The van der Waals surface area contributed by atoms with Crippen LogP contribution in [0.2, 0.25) is 0 Å². The van der Waals surface area contributed by atoms with Crippen LogP contribution in [-0.2, 0) is 19.0 Å². The summed E-state index contributed by atoms with van der Waals surface area (Å²) in [5, 5.41) is 4.31. The van der Waals surface area contributed by atoms with E-state index < -0.39 is 11.9 Å². The minimum Gasteiger partial charge on any atom is -0.252 e. The molecule has 2 aromatic rings. The van der Waals surface area contributed by atoms with Gasteiger partial charge in [-0.05, 0) is 37.0 Å². The van der Waals surface area contributed by atoms with Crippen LogP contribution in [0.15, 0.2) is 24.5 Å². The van der Waals surface area contributed by atoms with Gasteiger partial charge in [-0.1, -0.05) is 0 Å². The van der Waals surface area contributed by atoms with Gasteiger partial charge in [0.1, 0.15) is 5.69 Å². The van der Waals surface area contributed by atoms with Crippen molar-refractivity contribution in [3.63, 3.8) is 0 Å². The van der Waals surface area contributed by atoms with Crippen LogP contribution in [0.5, 0.6) is 0 Å². The van der Waals surface area contributed by atoms with E-state index in [1.165, 1.54) is 10.7 Å². The lowest BCUT2D eigenvalue weighted by Gasteiger charge is -2.07. The van der Waals surface area contributed by atoms with E-state index in [-0.39, 0.29) is 0 Å². The van der Waals surface area contributed by atoms with Gasteiger partial charge in [-0.25, -0.2) is 4.68 Å². The summed E-state index contributed by atoms with van der Waals surface area (Å²) >= 11 is 0. The Hall–Kier alpha value is -1.85. The van der Waals surface area contributed by atoms with Gasteiger partial charge in [-0.2, -0.15) is 18.3 Å². The number of rotatable bonds is 1. The molecule has 0 saturated heterocycles. The lowest BCUT2D eigenvalue weighted by atomic mass is 10.3. The zero-order valence-electron chi connectivity index (χ0n) is 9.41. The smallest absolute Gasteiger partial charge is 0.252 e. The third kappa shape index (κ3) is 1.87. The molecule has 2 aromatic heterocycles. The Balaban J connectivity index is 2.01. The van der Waals surface area contributed by atoms with Crippen LogP contribution in [0.1, 0.15) is 23.4 Å². The van der Waals surface area contributed by atoms with E-state index in [4.69, 9.17) is 0 Å². The second-order valence-electron chi connectivity index (χ2n) is 4.30. The Morgan fingerprint density at radius 1 is 1.22 bits per heavy atom. The Morgan fingerprint density at radius 3 is 2.78 bits per heavy atom. The molecular weight excluding hydrogens is 243 g/mol. The molecule has 1 aliphatic rings. The predicted octanol–water partition coefficient (Wildman–Crippen LogP) is 2.77. The van der Waals surface area contributed by atoms with E-state index in [1.54, 1.807) is 6.20 Å². The maximum Gasteiger partial charge on any atom is 0.433 e. The van der Waals surface area contributed by atoms with Crippen molar-refractivity contribution < 1.29 is 13.2 Å². The van der Waals surface area contributed by atoms with E-state index in [0.29, 0.717) is 5.69 Å². The molecule has 0 amide bonds. The van der Waals surface area contributed by atoms with Crippen molar-refractivity contribution in [3.8, 4) is 5.69 Å². The fourth-order valence-corrected chi connectivity index (χ4v) is 2.16. The van der Waals surface area contributed by atoms with Crippen molar-refractivity contribution in [2.24, 2.45) is 0 Å². The number of alkyl halides is 3. The molecule has 3 nitrogen and oxygen atoms in total. The number of aromatic nitrogens is 3. The van der Waals surface area contributed by atoms with Gasteiger partial charge in [-0.3, -0.25) is 4.98 Å². The summed E-state index contributed by atoms with van der Waals surface area (Å²) in [5.41, 5.74) is 1.61. The van der Waals surface area contributed by atoms with Crippen LogP contribution in [0, 0.1) is 0 Å². The molecular formula is C12H10F3N3. The van der Waals surface area contributed by atoms with Crippen molar-refractivity contribution in [1.29, 1.82) is 0 Å². The number of hydrogen-bond donors (Lipinski definition) is 0. The molecule has 0 saturated carbocycles. The average Bonchev–Trinajstić information content (AvgIpc) is 2.88. The normalized spacial score (nSPS) is 14.8. The first-order chi connectivity index (χ1) is 8.54. The van der Waals surface area contributed by atoms with Gasteiger partial charge in [0.05, 0.1) is 11.4 Å². The summed E-state index contributed by atoms with van der Waals surface area (Å²) in [4.78, 5) is 3.33. The maximum atomic E-state index is 12.6. The molecule has 3 rings (SSSR count). The molecule has 18 heavy (non-hydrogen) atoms. The molecule has 0 spiro atoms. The molecule has 0 N–H and O–H groups in total. The molecule has 0 radical (unpaired) electrons. The van der Waals surface area contributed by atoms with E-state index in [2.05, 4.69) is 10.1 Å². The number of hydrogen-bond acceptors (Lipinski definition) is 2. The molecule has 2 heterocycles. The first kappa shape index (κ1) is 11.3. The highest BCUT2D eigenvalue weighted by Crippen LogP contribution is 2.29. The van der Waals surface area contributed by atoms with Gasteiger partial charge in [-0.15, -0.1) is 0 Å². The van der Waals surface area contributed by atoms with Crippen molar-refractivity contribution in [2.45, 2.75) is 25.4 Å². The van der Waals surface area contributed by atoms with Gasteiger partial charge in [0.2, 0.25) is 0 Å². The van der Waals surface area contributed by atoms with Gasteiger partial charge < -0.3 is 0 Å². The second-order valence-corrected chi connectivity index (χ2v) is 4.30. The summed E-state index contributed by atoms with van der Waals surface area (Å²) in [6, 6.07) is 2.54. The van der Waals surface area contributed by atoms with Crippen LogP contribution in [0.4, 0.5) is 13.2 Å². The van der Waals surface area contributed by atoms with Crippen LogP contribution >= 0.6 is 0 Å². The zero-order valence-corrected chi connectivity index (χ0v) is 9.41. The number of fused-ring (bicyclic) bond motifs is 1. The maximum absolute atomic E-state index is 12.6.